The van der Waals surface area contributed by atoms with Gasteiger partial charge in [-0.25, -0.2) is 9.97 Å². The van der Waals surface area contributed by atoms with Crippen molar-refractivity contribution in [1.29, 1.82) is 0 Å². The van der Waals surface area contributed by atoms with Gasteiger partial charge < -0.3 is 4.90 Å². The molecule has 0 atom stereocenters. The number of fused-ring (bicyclic) bond motifs is 1. The van der Waals surface area contributed by atoms with Gasteiger partial charge in [-0.2, -0.15) is 0 Å². The number of piperazine rings is 1. The molecule has 0 saturated carbocycles. The normalized spacial score (nSPS) is 15.8. The highest BCUT2D eigenvalue weighted by atomic mass is 35.5. The first-order chi connectivity index (χ1) is 11.8. The fraction of sp³-hybridized carbons (Fsp3) is 0.263. The number of halogens is 1. The quantitative estimate of drug-likeness (QED) is 0.735. The van der Waals surface area contributed by atoms with Crippen LogP contribution in [0.4, 0.5) is 5.82 Å². The molecule has 1 aromatic carbocycles. The molecule has 0 bridgehead atoms. The number of hydrogen-bond donors (Lipinski definition) is 1. The van der Waals surface area contributed by atoms with Crippen molar-refractivity contribution in [2.24, 2.45) is 0 Å². The molecule has 0 amide bonds. The van der Waals surface area contributed by atoms with Crippen LogP contribution in [0.2, 0.25) is 5.15 Å². The first-order valence-electron chi connectivity index (χ1n) is 8.39. The number of hydrogen-bond acceptors (Lipinski definition) is 2. The summed E-state index contributed by atoms with van der Waals surface area (Å²) < 4.78 is 0. The van der Waals surface area contributed by atoms with Crippen molar-refractivity contribution in [1.82, 2.24) is 4.98 Å². The average Bonchev–Trinajstić information content (AvgIpc) is 2.64. The fourth-order valence-corrected chi connectivity index (χ4v) is 3.56. The summed E-state index contributed by atoms with van der Waals surface area (Å²) >= 11 is 6.41. The lowest BCUT2D eigenvalue weighted by molar-refractivity contribution is -0.914. The standard InChI is InChI=1S/C19H19ClN4/c20-19-16(13-15-5-1-2-6-17(15)22-19)14-23-9-11-24(12-10-23)18-7-3-4-8-21-18/h1-8,13H,9-12,14H2/p+2. The maximum absolute atomic E-state index is 6.41. The summed E-state index contributed by atoms with van der Waals surface area (Å²) in [7, 11) is 0. The van der Waals surface area contributed by atoms with Gasteiger partial charge in [-0.1, -0.05) is 35.9 Å². The molecular formula is C19H21ClN4+2. The number of rotatable bonds is 3. The summed E-state index contributed by atoms with van der Waals surface area (Å²) in [5.74, 6) is 1.20. The number of H-pyrrole nitrogens is 1. The minimum absolute atomic E-state index is 0.639. The van der Waals surface area contributed by atoms with E-state index >= 15 is 0 Å². The lowest BCUT2D eigenvalue weighted by Crippen LogP contribution is -3.13. The molecule has 0 unspecified atom stereocenters. The second-order valence-electron chi connectivity index (χ2n) is 6.29. The van der Waals surface area contributed by atoms with Crippen LogP contribution in [0.25, 0.3) is 10.9 Å². The Bertz CT molecular complexity index is 829. The predicted molar refractivity (Wildman–Crippen MR) is 96.4 cm³/mol. The summed E-state index contributed by atoms with van der Waals surface area (Å²) in [6.07, 6.45) is 1.98. The molecule has 1 saturated heterocycles. The summed E-state index contributed by atoms with van der Waals surface area (Å²) in [5, 5.41) is 1.80. The molecule has 24 heavy (non-hydrogen) atoms. The Labute approximate surface area is 146 Å². The molecule has 5 heteroatoms. The van der Waals surface area contributed by atoms with Crippen LogP contribution in [-0.2, 0) is 6.54 Å². The van der Waals surface area contributed by atoms with Crippen LogP contribution in [0.3, 0.4) is 0 Å². The van der Waals surface area contributed by atoms with Gasteiger partial charge in [-0.15, -0.1) is 0 Å². The van der Waals surface area contributed by atoms with Gasteiger partial charge in [0.05, 0.1) is 11.7 Å². The molecule has 0 radical (unpaired) electrons. The van der Waals surface area contributed by atoms with Gasteiger partial charge in [0, 0.05) is 17.0 Å². The Morgan fingerprint density at radius 1 is 1.08 bits per heavy atom. The van der Waals surface area contributed by atoms with E-state index in [4.69, 9.17) is 11.6 Å². The number of aromatic amines is 1. The Kier molecular flexibility index (Phi) is 4.32. The van der Waals surface area contributed by atoms with E-state index in [1.165, 1.54) is 5.82 Å². The summed E-state index contributed by atoms with van der Waals surface area (Å²) in [6, 6.07) is 16.6. The maximum Gasteiger partial charge on any atom is 0.274 e. The molecule has 3 aromatic rings. The maximum atomic E-state index is 6.41. The molecule has 2 aromatic heterocycles. The summed E-state index contributed by atoms with van der Waals surface area (Å²) in [5.41, 5.74) is 2.11. The first-order valence-corrected chi connectivity index (χ1v) is 8.77. The fourth-order valence-electron chi connectivity index (χ4n) is 3.35. The molecule has 2 N–H and O–H groups in total. The highest BCUT2D eigenvalue weighted by molar-refractivity contribution is 6.30. The van der Waals surface area contributed by atoms with Crippen LogP contribution < -0.4 is 14.8 Å². The summed E-state index contributed by atoms with van der Waals surface area (Å²) in [6.45, 7) is 5.24. The zero-order valence-electron chi connectivity index (χ0n) is 13.5. The van der Waals surface area contributed by atoms with E-state index in [9.17, 15) is 0 Å². The third kappa shape index (κ3) is 3.21. The van der Waals surface area contributed by atoms with Crippen molar-refractivity contribution in [3.8, 4) is 0 Å². The summed E-state index contributed by atoms with van der Waals surface area (Å²) in [4.78, 5) is 11.8. The molecule has 1 aliphatic rings. The molecule has 122 valence electrons. The number of nitrogens with one attached hydrogen (secondary N) is 2. The number of aromatic nitrogens is 2. The number of para-hydroxylation sites is 1. The molecule has 4 nitrogen and oxygen atoms in total. The van der Waals surface area contributed by atoms with Crippen molar-refractivity contribution < 1.29 is 9.88 Å². The molecule has 0 spiro atoms. The van der Waals surface area contributed by atoms with Crippen LogP contribution in [0.5, 0.6) is 0 Å². The van der Waals surface area contributed by atoms with Crippen LogP contribution in [0.15, 0.2) is 54.7 Å². The zero-order chi connectivity index (χ0) is 16.4. The van der Waals surface area contributed by atoms with Crippen LogP contribution >= 0.6 is 11.6 Å². The second kappa shape index (κ2) is 6.75. The monoisotopic (exact) mass is 340 g/mol. The predicted octanol–water partition coefficient (Wildman–Crippen LogP) is 1.61. The number of pyridine rings is 2. The minimum Gasteiger partial charge on any atom is -0.325 e. The van der Waals surface area contributed by atoms with Crippen LogP contribution in [0.1, 0.15) is 5.56 Å². The van der Waals surface area contributed by atoms with Crippen LogP contribution in [-0.4, -0.2) is 31.2 Å². The first kappa shape index (κ1) is 15.4. The SMILES string of the molecule is Clc1nc2ccccc2cc1C[NH+]1CCN(c2cccc[nH+]2)CC1. The van der Waals surface area contributed by atoms with Gasteiger partial charge in [-0.3, -0.25) is 4.90 Å². The van der Waals surface area contributed by atoms with Crippen molar-refractivity contribution in [2.75, 3.05) is 31.1 Å². The third-order valence-corrected chi connectivity index (χ3v) is 5.02. The van der Waals surface area contributed by atoms with Crippen molar-refractivity contribution in [2.45, 2.75) is 6.54 Å². The van der Waals surface area contributed by atoms with E-state index in [0.717, 1.165) is 49.2 Å². The highest BCUT2D eigenvalue weighted by Crippen LogP contribution is 2.19. The van der Waals surface area contributed by atoms with Gasteiger partial charge in [0.2, 0.25) is 0 Å². The Morgan fingerprint density at radius 3 is 2.67 bits per heavy atom. The van der Waals surface area contributed by atoms with Crippen molar-refractivity contribution in [3.63, 3.8) is 0 Å². The molecule has 0 aliphatic carbocycles. The number of benzene rings is 1. The van der Waals surface area contributed by atoms with E-state index in [1.807, 2.05) is 30.5 Å². The smallest absolute Gasteiger partial charge is 0.274 e. The Hall–Kier alpha value is -2.17. The highest BCUT2D eigenvalue weighted by Gasteiger charge is 2.26. The van der Waals surface area contributed by atoms with E-state index < -0.39 is 0 Å². The van der Waals surface area contributed by atoms with Crippen molar-refractivity contribution >= 4 is 28.3 Å². The lowest BCUT2D eigenvalue weighted by atomic mass is 10.1. The number of quaternary nitrogens is 1. The number of nitrogens with zero attached hydrogens (tertiary/aromatic N) is 2. The topological polar surface area (TPSA) is 34.7 Å². The average molecular weight is 341 g/mol. The second-order valence-corrected chi connectivity index (χ2v) is 6.65. The van der Waals surface area contributed by atoms with E-state index in [-0.39, 0.29) is 0 Å². The lowest BCUT2D eigenvalue weighted by Gasteiger charge is -2.28. The molecule has 4 rings (SSSR count). The molecular weight excluding hydrogens is 320 g/mol. The van der Waals surface area contributed by atoms with E-state index in [2.05, 4.69) is 39.1 Å². The largest absolute Gasteiger partial charge is 0.325 e. The molecule has 1 fully saturated rings. The molecule has 1 aliphatic heterocycles. The van der Waals surface area contributed by atoms with Gasteiger partial charge >= 0.3 is 0 Å². The van der Waals surface area contributed by atoms with Crippen molar-refractivity contribution in [3.05, 3.63) is 65.4 Å². The van der Waals surface area contributed by atoms with Gasteiger partial charge in [0.1, 0.15) is 37.9 Å². The van der Waals surface area contributed by atoms with Crippen LogP contribution in [0, 0.1) is 0 Å². The van der Waals surface area contributed by atoms with E-state index in [0.29, 0.717) is 5.15 Å². The minimum atomic E-state index is 0.639. The van der Waals surface area contributed by atoms with Gasteiger partial charge in [-0.05, 0) is 18.2 Å². The third-order valence-electron chi connectivity index (χ3n) is 4.69. The zero-order valence-corrected chi connectivity index (χ0v) is 14.3. The molecule has 3 heterocycles. The van der Waals surface area contributed by atoms with Gasteiger partial charge in [0.25, 0.3) is 5.82 Å². The van der Waals surface area contributed by atoms with E-state index in [1.54, 1.807) is 4.90 Å². The Morgan fingerprint density at radius 2 is 1.88 bits per heavy atom. The Balaban J connectivity index is 1.45. The number of anilines is 1. The van der Waals surface area contributed by atoms with Gasteiger partial charge in [0.15, 0.2) is 0 Å².